The Bertz CT molecular complexity index is 487. The van der Waals surface area contributed by atoms with Gasteiger partial charge in [-0.25, -0.2) is 0 Å². The first-order valence-corrected chi connectivity index (χ1v) is 7.91. The molecule has 1 fully saturated rings. The summed E-state index contributed by atoms with van der Waals surface area (Å²) in [5, 5.41) is 3.16. The first-order valence-electron chi connectivity index (χ1n) is 6.67. The minimum absolute atomic E-state index is 0.00882. The van der Waals surface area contributed by atoms with E-state index in [1.165, 1.54) is 12.8 Å². The average Bonchev–Trinajstić information content (AvgIpc) is 2.31. The van der Waals surface area contributed by atoms with E-state index >= 15 is 0 Å². The number of nitrogens with one attached hydrogen (secondary N) is 1. The summed E-state index contributed by atoms with van der Waals surface area (Å²) < 4.78 is 0.817. The lowest BCUT2D eigenvalue weighted by molar-refractivity contribution is 0.0901. The molecular weight excluding hydrogens is 322 g/mol. The lowest BCUT2D eigenvalue weighted by Gasteiger charge is -2.35. The second kappa shape index (κ2) is 5.88. The molecule has 104 valence electrons. The number of rotatable bonds is 2. The molecule has 0 saturated heterocycles. The van der Waals surface area contributed by atoms with Crippen LogP contribution in [0.2, 0.25) is 0 Å². The molecule has 1 aromatic carbocycles. The number of amides is 1. The molecule has 1 saturated carbocycles. The highest BCUT2D eigenvalue weighted by molar-refractivity contribution is 9.10. The molecule has 4 heteroatoms. The zero-order valence-corrected chi connectivity index (χ0v) is 13.9. The van der Waals surface area contributed by atoms with E-state index in [1.807, 2.05) is 12.1 Å². The first kappa shape index (κ1) is 14.9. The van der Waals surface area contributed by atoms with Crippen LogP contribution in [0.15, 0.2) is 27.6 Å². The normalized spacial score (nSPS) is 22.0. The average molecular weight is 342 g/mol. The van der Waals surface area contributed by atoms with Gasteiger partial charge >= 0.3 is 0 Å². The minimum atomic E-state index is -0.00882. The van der Waals surface area contributed by atoms with Crippen molar-refractivity contribution in [2.45, 2.75) is 50.5 Å². The molecule has 1 N–H and O–H groups in total. The zero-order chi connectivity index (χ0) is 14.0. The SMILES string of the molecule is CC1(C)CCCC(NC(=O)c2cc(S)ccc2Br)C1. The molecule has 1 aliphatic rings. The van der Waals surface area contributed by atoms with Gasteiger partial charge in [0.15, 0.2) is 0 Å². The van der Waals surface area contributed by atoms with Gasteiger partial charge in [0.25, 0.3) is 5.91 Å². The Hall–Kier alpha value is -0.480. The molecule has 1 atom stereocenters. The van der Waals surface area contributed by atoms with E-state index in [-0.39, 0.29) is 11.9 Å². The fraction of sp³-hybridized carbons (Fsp3) is 0.533. The molecule has 2 nitrogen and oxygen atoms in total. The Morgan fingerprint density at radius 2 is 2.21 bits per heavy atom. The third-order valence-electron chi connectivity index (χ3n) is 3.73. The number of thiol groups is 1. The smallest absolute Gasteiger partial charge is 0.252 e. The van der Waals surface area contributed by atoms with Crippen LogP contribution in [-0.4, -0.2) is 11.9 Å². The molecule has 1 unspecified atom stereocenters. The van der Waals surface area contributed by atoms with Crippen molar-refractivity contribution in [2.75, 3.05) is 0 Å². The van der Waals surface area contributed by atoms with Crippen LogP contribution in [0.3, 0.4) is 0 Å². The third-order valence-corrected chi connectivity index (χ3v) is 4.70. The van der Waals surface area contributed by atoms with Crippen molar-refractivity contribution < 1.29 is 4.79 Å². The summed E-state index contributed by atoms with van der Waals surface area (Å²) in [6, 6.07) is 5.82. The van der Waals surface area contributed by atoms with Crippen LogP contribution in [-0.2, 0) is 0 Å². The zero-order valence-electron chi connectivity index (χ0n) is 11.4. The number of hydrogen-bond donors (Lipinski definition) is 2. The van der Waals surface area contributed by atoms with Crippen LogP contribution >= 0.6 is 28.6 Å². The molecule has 0 radical (unpaired) electrons. The Kier molecular flexibility index (Phi) is 4.62. The number of benzene rings is 1. The van der Waals surface area contributed by atoms with Crippen LogP contribution in [0, 0.1) is 5.41 Å². The molecular formula is C15H20BrNOS. The number of carbonyl (C=O) groups is 1. The van der Waals surface area contributed by atoms with Gasteiger partial charge in [0.2, 0.25) is 0 Å². The predicted molar refractivity (Wildman–Crippen MR) is 84.9 cm³/mol. The monoisotopic (exact) mass is 341 g/mol. The van der Waals surface area contributed by atoms with Gasteiger partial charge in [0, 0.05) is 15.4 Å². The second-order valence-corrected chi connectivity index (χ2v) is 7.47. The number of carbonyl (C=O) groups excluding carboxylic acids is 1. The fourth-order valence-corrected chi connectivity index (χ4v) is 3.40. The minimum Gasteiger partial charge on any atom is -0.349 e. The van der Waals surface area contributed by atoms with E-state index in [2.05, 4.69) is 47.7 Å². The summed E-state index contributed by atoms with van der Waals surface area (Å²) >= 11 is 7.71. The van der Waals surface area contributed by atoms with Crippen molar-refractivity contribution in [2.24, 2.45) is 5.41 Å². The largest absolute Gasteiger partial charge is 0.349 e. The van der Waals surface area contributed by atoms with E-state index in [9.17, 15) is 4.79 Å². The van der Waals surface area contributed by atoms with Crippen molar-refractivity contribution >= 4 is 34.5 Å². The van der Waals surface area contributed by atoms with E-state index in [4.69, 9.17) is 0 Å². The van der Waals surface area contributed by atoms with E-state index in [0.717, 1.165) is 22.2 Å². The Morgan fingerprint density at radius 3 is 2.89 bits per heavy atom. The summed E-state index contributed by atoms with van der Waals surface area (Å²) in [7, 11) is 0. The van der Waals surface area contributed by atoms with E-state index in [1.54, 1.807) is 6.07 Å². The lowest BCUT2D eigenvalue weighted by Crippen LogP contribution is -2.40. The summed E-state index contributed by atoms with van der Waals surface area (Å²) in [5.41, 5.74) is 0.995. The third kappa shape index (κ3) is 3.99. The molecule has 1 aromatic rings. The van der Waals surface area contributed by atoms with Gasteiger partial charge < -0.3 is 5.32 Å². The second-order valence-electron chi connectivity index (χ2n) is 6.10. The van der Waals surface area contributed by atoms with Gasteiger partial charge in [-0.05, 0) is 58.8 Å². The van der Waals surface area contributed by atoms with Crippen LogP contribution in [0.5, 0.6) is 0 Å². The van der Waals surface area contributed by atoms with Crippen LogP contribution < -0.4 is 5.32 Å². The Morgan fingerprint density at radius 1 is 1.47 bits per heavy atom. The van der Waals surface area contributed by atoms with Gasteiger partial charge in [-0.2, -0.15) is 0 Å². The summed E-state index contributed by atoms with van der Waals surface area (Å²) in [6.45, 7) is 4.55. The Balaban J connectivity index is 2.06. The molecule has 1 aliphatic carbocycles. The van der Waals surface area contributed by atoms with Crippen LogP contribution in [0.1, 0.15) is 49.9 Å². The maximum absolute atomic E-state index is 12.3. The van der Waals surface area contributed by atoms with E-state index < -0.39 is 0 Å². The maximum atomic E-state index is 12.3. The predicted octanol–water partition coefficient (Wildman–Crippen LogP) is 4.44. The van der Waals surface area contributed by atoms with Crippen molar-refractivity contribution in [1.82, 2.24) is 5.32 Å². The van der Waals surface area contributed by atoms with Crippen molar-refractivity contribution in [3.8, 4) is 0 Å². The molecule has 19 heavy (non-hydrogen) atoms. The van der Waals surface area contributed by atoms with Gasteiger partial charge in [-0.15, -0.1) is 12.6 Å². The molecule has 0 aromatic heterocycles. The quantitative estimate of drug-likeness (QED) is 0.765. The highest BCUT2D eigenvalue weighted by atomic mass is 79.9. The summed E-state index contributed by atoms with van der Waals surface area (Å²) in [5.74, 6) is -0.00882. The van der Waals surface area contributed by atoms with Crippen molar-refractivity contribution in [3.63, 3.8) is 0 Å². The molecule has 0 bridgehead atoms. The van der Waals surface area contributed by atoms with E-state index in [0.29, 0.717) is 11.0 Å². The molecule has 0 spiro atoms. The first-order chi connectivity index (χ1) is 8.87. The van der Waals surface area contributed by atoms with Gasteiger partial charge in [-0.1, -0.05) is 20.3 Å². The van der Waals surface area contributed by atoms with Crippen molar-refractivity contribution in [1.29, 1.82) is 0 Å². The molecule has 0 heterocycles. The van der Waals surface area contributed by atoms with Gasteiger partial charge in [-0.3, -0.25) is 4.79 Å². The highest BCUT2D eigenvalue weighted by Crippen LogP contribution is 2.35. The lowest BCUT2D eigenvalue weighted by atomic mass is 9.75. The summed E-state index contributed by atoms with van der Waals surface area (Å²) in [4.78, 5) is 13.1. The maximum Gasteiger partial charge on any atom is 0.252 e. The Labute approximate surface area is 128 Å². The van der Waals surface area contributed by atoms with Crippen LogP contribution in [0.4, 0.5) is 0 Å². The fourth-order valence-electron chi connectivity index (χ4n) is 2.77. The molecule has 0 aliphatic heterocycles. The summed E-state index contributed by atoms with van der Waals surface area (Å²) in [6.07, 6.45) is 4.56. The topological polar surface area (TPSA) is 29.1 Å². The van der Waals surface area contributed by atoms with Gasteiger partial charge in [0.05, 0.1) is 5.56 Å². The molecule has 1 amide bonds. The van der Waals surface area contributed by atoms with Crippen LogP contribution in [0.25, 0.3) is 0 Å². The number of halogens is 1. The number of hydrogen-bond acceptors (Lipinski definition) is 2. The standard InChI is InChI=1S/C15H20BrNOS/c1-15(2)7-3-4-10(9-15)17-14(18)12-8-11(19)5-6-13(12)16/h5-6,8,10,19H,3-4,7,9H2,1-2H3,(H,17,18). The van der Waals surface area contributed by atoms with Crippen molar-refractivity contribution in [3.05, 3.63) is 28.2 Å². The highest BCUT2D eigenvalue weighted by Gasteiger charge is 2.29. The molecule has 2 rings (SSSR count). The van der Waals surface area contributed by atoms with Gasteiger partial charge in [0.1, 0.15) is 0 Å².